The Morgan fingerprint density at radius 2 is 0.625 bits per heavy atom. The van der Waals surface area contributed by atoms with E-state index >= 15 is 0 Å². The zero-order valence-corrected chi connectivity index (χ0v) is 22.4. The minimum absolute atomic E-state index is 0.321. The van der Waals surface area contributed by atoms with E-state index in [-0.39, 0.29) is 0 Å². The molecule has 4 heterocycles. The summed E-state index contributed by atoms with van der Waals surface area (Å²) in [5, 5.41) is 0. The predicted octanol–water partition coefficient (Wildman–Crippen LogP) is 8.77. The molecule has 4 aromatic heterocycles. The van der Waals surface area contributed by atoms with E-state index in [1.54, 1.807) is 0 Å². The second-order valence-corrected chi connectivity index (χ2v) is 9.76. The highest BCUT2D eigenvalue weighted by Crippen LogP contribution is 2.38. The van der Waals surface area contributed by atoms with Crippen LogP contribution in [0, 0.1) is 17.5 Å². The van der Waals surface area contributed by atoms with Crippen LogP contribution in [0.4, 0.5) is 52.7 Å². The van der Waals surface area contributed by atoms with Crippen LogP contribution in [0.2, 0.25) is 0 Å². The van der Waals surface area contributed by atoms with Crippen LogP contribution in [0.25, 0.3) is 68.4 Å². The number of oxazole rings is 3. The molecule has 0 saturated carbocycles. The number of hydrogen-bond acceptors (Lipinski definition) is 9. The first-order valence-corrected chi connectivity index (χ1v) is 12.6. The van der Waals surface area contributed by atoms with Gasteiger partial charge in [0.05, 0.1) is 16.7 Å². The van der Waals surface area contributed by atoms with Gasteiger partial charge in [0.15, 0.2) is 16.7 Å². The van der Waals surface area contributed by atoms with Gasteiger partial charge < -0.3 is 13.3 Å². The van der Waals surface area contributed by atoms with Crippen molar-refractivity contribution in [1.29, 1.82) is 0 Å². The van der Waals surface area contributed by atoms with Crippen molar-refractivity contribution in [2.24, 2.45) is 0 Å². The van der Waals surface area contributed by atoms with Gasteiger partial charge in [0.25, 0.3) is 17.7 Å². The number of hydrogen-bond donors (Lipinski definition) is 0. The molecule has 0 aliphatic heterocycles. The molecule has 0 aliphatic rings. The molecule has 0 atom stereocenters. The van der Waals surface area contributed by atoms with Crippen LogP contribution >= 0.6 is 0 Å². The van der Waals surface area contributed by atoms with Crippen LogP contribution in [0.3, 0.4) is 0 Å². The Hall–Kier alpha value is -5.76. The van der Waals surface area contributed by atoms with Crippen molar-refractivity contribution in [1.82, 2.24) is 29.9 Å². The first kappa shape index (κ1) is 30.9. The molecule has 7 aromatic rings. The molecular formula is C27H6F12N6O3. The molecule has 0 N–H and O–H groups in total. The number of nitrogens with zero attached hydrogens (tertiary/aromatic N) is 6. The Kier molecular flexibility index (Phi) is 6.51. The zero-order valence-electron chi connectivity index (χ0n) is 22.4. The number of fused-ring (bicyclic) bond motifs is 3. The van der Waals surface area contributed by atoms with Gasteiger partial charge in [-0.2, -0.15) is 54.5 Å². The van der Waals surface area contributed by atoms with Gasteiger partial charge in [-0.1, -0.05) is 0 Å². The Labute approximate surface area is 253 Å². The van der Waals surface area contributed by atoms with Gasteiger partial charge in [0.2, 0.25) is 17.5 Å². The normalized spacial score (nSPS) is 13.0. The van der Waals surface area contributed by atoms with E-state index in [2.05, 4.69) is 29.9 Å². The van der Waals surface area contributed by atoms with E-state index in [9.17, 15) is 52.7 Å². The Bertz CT molecular complexity index is 2150. The van der Waals surface area contributed by atoms with Gasteiger partial charge in [-0.3, -0.25) is 0 Å². The second kappa shape index (κ2) is 10.1. The first-order chi connectivity index (χ1) is 22.3. The van der Waals surface area contributed by atoms with E-state index in [0.717, 1.165) is 0 Å². The fourth-order valence-electron chi connectivity index (χ4n) is 4.45. The summed E-state index contributed by atoms with van der Waals surface area (Å²) in [6.07, 6.45) is -15.4. The summed E-state index contributed by atoms with van der Waals surface area (Å²) in [6.45, 7) is 0. The van der Waals surface area contributed by atoms with Gasteiger partial charge in [0.1, 0.15) is 34.0 Å². The summed E-state index contributed by atoms with van der Waals surface area (Å²) in [5.74, 6) is -9.31. The predicted molar refractivity (Wildman–Crippen MR) is 134 cm³/mol. The summed E-state index contributed by atoms with van der Waals surface area (Å²) < 4.78 is 178. The van der Waals surface area contributed by atoms with Crippen LogP contribution in [-0.4, -0.2) is 29.9 Å². The molecule has 0 radical (unpaired) electrons. The lowest BCUT2D eigenvalue weighted by molar-refractivity contribution is -0.140. The van der Waals surface area contributed by atoms with Crippen LogP contribution in [-0.2, 0) is 18.5 Å². The van der Waals surface area contributed by atoms with E-state index in [1.165, 1.54) is 0 Å². The third-order valence-electron chi connectivity index (χ3n) is 6.56. The lowest BCUT2D eigenvalue weighted by atomic mass is 10.2. The molecule has 0 spiro atoms. The van der Waals surface area contributed by atoms with Crippen molar-refractivity contribution in [3.63, 3.8) is 0 Å². The van der Waals surface area contributed by atoms with Crippen molar-refractivity contribution in [3.05, 3.63) is 70.5 Å². The van der Waals surface area contributed by atoms with Crippen molar-refractivity contribution in [2.75, 3.05) is 0 Å². The number of benzene rings is 3. The van der Waals surface area contributed by atoms with Crippen LogP contribution in [0.1, 0.15) is 16.7 Å². The summed E-state index contributed by atoms with van der Waals surface area (Å²) in [5.41, 5.74) is -8.24. The SMILES string of the molecule is Fc1cc2oc(-c3nc(-c4nc5cc(C(F)(F)F)c(F)cc5o4)nc(-c4nc5cc(C(F)(F)F)c(F)cc5o4)n3)nc2cc1C(F)(F)F. The minimum atomic E-state index is -5.12. The van der Waals surface area contributed by atoms with Crippen molar-refractivity contribution >= 4 is 33.3 Å². The lowest BCUT2D eigenvalue weighted by Gasteiger charge is -2.06. The molecule has 0 bridgehead atoms. The first-order valence-electron chi connectivity index (χ1n) is 12.6. The highest BCUT2D eigenvalue weighted by atomic mass is 19.4. The fraction of sp³-hybridized carbons (Fsp3) is 0.111. The Balaban J connectivity index is 1.43. The van der Waals surface area contributed by atoms with E-state index in [4.69, 9.17) is 13.3 Å². The Morgan fingerprint density at radius 1 is 0.375 bits per heavy atom. The monoisotopic (exact) mass is 690 g/mol. The lowest BCUT2D eigenvalue weighted by Crippen LogP contribution is -2.07. The topological polar surface area (TPSA) is 117 Å². The molecule has 246 valence electrons. The molecule has 0 amide bonds. The molecule has 21 heteroatoms. The molecule has 0 unspecified atom stereocenters. The number of aromatic nitrogens is 6. The third kappa shape index (κ3) is 5.29. The van der Waals surface area contributed by atoms with E-state index in [1.807, 2.05) is 0 Å². The average molecular weight is 690 g/mol. The fourth-order valence-corrected chi connectivity index (χ4v) is 4.45. The largest absolute Gasteiger partial charge is 0.433 e. The summed E-state index contributed by atoms with van der Waals surface area (Å²) in [6, 6.07) is 2.09. The zero-order chi connectivity index (χ0) is 34.5. The third-order valence-corrected chi connectivity index (χ3v) is 6.56. The molecule has 7 rings (SSSR count). The molecule has 0 fully saturated rings. The number of alkyl halides is 9. The van der Waals surface area contributed by atoms with E-state index < -0.39 is 121 Å². The summed E-state index contributed by atoms with van der Waals surface area (Å²) >= 11 is 0. The average Bonchev–Trinajstić information content (AvgIpc) is 3.70. The van der Waals surface area contributed by atoms with Crippen molar-refractivity contribution in [3.8, 4) is 35.1 Å². The van der Waals surface area contributed by atoms with Gasteiger partial charge in [-0.15, -0.1) is 0 Å². The minimum Gasteiger partial charge on any atom is -0.433 e. The van der Waals surface area contributed by atoms with Gasteiger partial charge in [0, 0.05) is 18.2 Å². The van der Waals surface area contributed by atoms with Gasteiger partial charge in [-0.25, -0.2) is 28.1 Å². The standard InChI is InChI=1S/C27H6F12N6O3/c28-10-4-16-13(1-7(10)25(31,32)33)40-22(46-16)19-43-20(23-41-14-2-8(26(34,35)36)11(29)5-17(14)47-23)45-21(44-19)24-42-15-3-9(27(37,38)39)12(30)6-18(15)48-24/h1-6H. The molecular weight excluding hydrogens is 684 g/mol. The maximum Gasteiger partial charge on any atom is 0.419 e. The number of halogens is 12. The quantitative estimate of drug-likeness (QED) is 0.168. The molecule has 3 aromatic carbocycles. The number of rotatable bonds is 3. The van der Waals surface area contributed by atoms with Gasteiger partial charge >= 0.3 is 18.5 Å². The molecule has 9 nitrogen and oxygen atoms in total. The molecule has 0 saturated heterocycles. The summed E-state index contributed by atoms with van der Waals surface area (Å²) in [4.78, 5) is 23.3. The highest BCUT2D eigenvalue weighted by molar-refractivity contribution is 5.79. The van der Waals surface area contributed by atoms with E-state index in [0.29, 0.717) is 36.4 Å². The van der Waals surface area contributed by atoms with Crippen LogP contribution < -0.4 is 0 Å². The Morgan fingerprint density at radius 3 is 0.854 bits per heavy atom. The summed E-state index contributed by atoms with van der Waals surface area (Å²) in [7, 11) is 0. The van der Waals surface area contributed by atoms with Gasteiger partial charge in [-0.05, 0) is 18.2 Å². The maximum atomic E-state index is 14.2. The van der Waals surface area contributed by atoms with Crippen molar-refractivity contribution < 1.29 is 65.9 Å². The highest BCUT2D eigenvalue weighted by Gasteiger charge is 2.37. The van der Waals surface area contributed by atoms with Crippen LogP contribution in [0.5, 0.6) is 0 Å². The molecule has 0 aliphatic carbocycles. The maximum absolute atomic E-state index is 14.2. The smallest absolute Gasteiger partial charge is 0.419 e. The van der Waals surface area contributed by atoms with Crippen molar-refractivity contribution in [2.45, 2.75) is 18.5 Å². The second-order valence-electron chi connectivity index (χ2n) is 9.76. The van der Waals surface area contributed by atoms with Crippen LogP contribution in [0.15, 0.2) is 49.6 Å². The molecule has 48 heavy (non-hydrogen) atoms.